The Morgan fingerprint density at radius 3 is 2.64 bits per heavy atom. The van der Waals surface area contributed by atoms with E-state index in [4.69, 9.17) is 16.0 Å². The third-order valence-corrected chi connectivity index (χ3v) is 1.93. The lowest BCUT2D eigenvalue weighted by molar-refractivity contribution is 0.234. The minimum absolute atomic E-state index is 0.117. The van der Waals surface area contributed by atoms with Gasteiger partial charge in [0.25, 0.3) is 0 Å². The monoisotopic (exact) mass is 159 g/mol. The molecule has 0 aliphatic heterocycles. The van der Waals surface area contributed by atoms with Crippen molar-refractivity contribution in [3.8, 4) is 0 Å². The molecule has 1 rings (SSSR count). The number of aliphatic hydroxyl groups is 1. The molecule has 0 atom stereocenters. The zero-order valence-electron chi connectivity index (χ0n) is 6.25. The zero-order chi connectivity index (χ0) is 8.32. The summed E-state index contributed by atoms with van der Waals surface area (Å²) in [5.41, 5.74) is 5.07. The average Bonchev–Trinajstić information content (AvgIpc) is 2.81. The van der Waals surface area contributed by atoms with Crippen molar-refractivity contribution in [2.75, 3.05) is 13.2 Å². The highest BCUT2D eigenvalue weighted by Crippen LogP contribution is 2.34. The van der Waals surface area contributed by atoms with Crippen LogP contribution in [-0.4, -0.2) is 34.8 Å². The maximum absolute atomic E-state index is 8.84. The van der Waals surface area contributed by atoms with Crippen molar-refractivity contribution >= 4 is 5.84 Å². The fourth-order valence-corrected chi connectivity index (χ4v) is 0.855. The predicted octanol–water partition coefficient (Wildman–Crippen LogP) is -1.15. The second-order valence-electron chi connectivity index (χ2n) is 2.88. The van der Waals surface area contributed by atoms with Crippen molar-refractivity contribution in [2.24, 2.45) is 10.9 Å². The Labute approximate surface area is 64.9 Å². The van der Waals surface area contributed by atoms with Gasteiger partial charge in [0.1, 0.15) is 0 Å². The van der Waals surface area contributed by atoms with Crippen LogP contribution in [0, 0.1) is 0 Å². The number of oxime groups is 1. The molecule has 0 spiro atoms. The quantitative estimate of drug-likeness (QED) is 0.180. The van der Waals surface area contributed by atoms with E-state index < -0.39 is 0 Å². The summed E-state index contributed by atoms with van der Waals surface area (Å²) < 4.78 is 0. The van der Waals surface area contributed by atoms with Gasteiger partial charge in [-0.15, -0.1) is 0 Å². The highest BCUT2D eigenvalue weighted by molar-refractivity contribution is 5.81. The van der Waals surface area contributed by atoms with Crippen LogP contribution in [-0.2, 0) is 0 Å². The van der Waals surface area contributed by atoms with E-state index in [1.54, 1.807) is 0 Å². The van der Waals surface area contributed by atoms with Crippen LogP contribution in [0.1, 0.15) is 12.8 Å². The molecule has 5 nitrogen and oxygen atoms in total. The lowest BCUT2D eigenvalue weighted by Crippen LogP contribution is -2.40. The van der Waals surface area contributed by atoms with Crippen molar-refractivity contribution in [2.45, 2.75) is 18.4 Å². The first-order chi connectivity index (χ1) is 5.22. The summed E-state index contributed by atoms with van der Waals surface area (Å²) in [7, 11) is 0. The summed E-state index contributed by atoms with van der Waals surface area (Å²) in [4.78, 5) is 0. The van der Waals surface area contributed by atoms with E-state index in [1.165, 1.54) is 0 Å². The van der Waals surface area contributed by atoms with Crippen molar-refractivity contribution < 1.29 is 10.3 Å². The van der Waals surface area contributed by atoms with E-state index in [-0.39, 0.29) is 18.0 Å². The number of aliphatic hydroxyl groups excluding tert-OH is 1. The topological polar surface area (TPSA) is 90.9 Å². The van der Waals surface area contributed by atoms with Crippen LogP contribution in [0.2, 0.25) is 0 Å². The normalized spacial score (nSPS) is 21.7. The van der Waals surface area contributed by atoms with E-state index in [0.29, 0.717) is 6.54 Å². The van der Waals surface area contributed by atoms with Crippen molar-refractivity contribution in [1.29, 1.82) is 0 Å². The fourth-order valence-electron chi connectivity index (χ4n) is 0.855. The number of amidine groups is 1. The molecule has 1 aliphatic carbocycles. The first-order valence-electron chi connectivity index (χ1n) is 3.55. The number of hydrogen-bond donors (Lipinski definition) is 4. The van der Waals surface area contributed by atoms with Crippen LogP contribution in [0.4, 0.5) is 0 Å². The second kappa shape index (κ2) is 3.06. The van der Waals surface area contributed by atoms with E-state index in [9.17, 15) is 0 Å². The maximum atomic E-state index is 8.84. The molecule has 0 unspecified atom stereocenters. The molecule has 0 aromatic carbocycles. The minimum Gasteiger partial charge on any atom is -0.409 e. The molecule has 1 fully saturated rings. The molecular formula is C6H13N3O2. The number of rotatable bonds is 4. The summed E-state index contributed by atoms with van der Waals surface area (Å²) in [6, 6.07) is 0. The number of nitrogens with two attached hydrogens (primary N) is 1. The first-order valence-corrected chi connectivity index (χ1v) is 3.55. The van der Waals surface area contributed by atoms with E-state index >= 15 is 0 Å². The van der Waals surface area contributed by atoms with E-state index in [1.807, 2.05) is 0 Å². The average molecular weight is 159 g/mol. The molecule has 5 heteroatoms. The predicted molar refractivity (Wildman–Crippen MR) is 40.5 cm³/mol. The number of nitrogens with one attached hydrogen (secondary N) is 1. The number of nitrogens with zero attached hydrogens (tertiary/aromatic N) is 1. The summed E-state index contributed by atoms with van der Waals surface area (Å²) in [6.07, 6.45) is 1.92. The Hall–Kier alpha value is -0.810. The highest BCUT2D eigenvalue weighted by atomic mass is 16.4. The minimum atomic E-state index is -0.144. The summed E-state index contributed by atoms with van der Waals surface area (Å²) >= 11 is 0. The van der Waals surface area contributed by atoms with Gasteiger partial charge in [-0.1, -0.05) is 5.16 Å². The summed E-state index contributed by atoms with van der Waals surface area (Å²) in [5, 5.41) is 22.8. The third-order valence-electron chi connectivity index (χ3n) is 1.93. The lowest BCUT2D eigenvalue weighted by atomic mass is 10.3. The van der Waals surface area contributed by atoms with E-state index in [2.05, 4.69) is 10.5 Å². The standard InChI is InChI=1S/C6H13N3O2/c7-5(9-11)3-8-6(4-10)1-2-6/h8,10-11H,1-4H2,(H2,7,9). The molecule has 0 radical (unpaired) electrons. The first kappa shape index (κ1) is 8.29. The molecule has 11 heavy (non-hydrogen) atoms. The highest BCUT2D eigenvalue weighted by Gasteiger charge is 2.41. The maximum Gasteiger partial charge on any atom is 0.153 e. The molecule has 64 valence electrons. The van der Waals surface area contributed by atoms with Gasteiger partial charge in [-0.25, -0.2) is 0 Å². The lowest BCUT2D eigenvalue weighted by Gasteiger charge is -2.12. The molecule has 0 bridgehead atoms. The molecule has 1 saturated carbocycles. The Kier molecular flexibility index (Phi) is 2.31. The van der Waals surface area contributed by atoms with Gasteiger partial charge in [0, 0.05) is 5.54 Å². The molecule has 1 aliphatic rings. The van der Waals surface area contributed by atoms with Crippen molar-refractivity contribution in [1.82, 2.24) is 5.32 Å². The zero-order valence-corrected chi connectivity index (χ0v) is 6.25. The molecule has 0 saturated heterocycles. The number of hydrogen-bond acceptors (Lipinski definition) is 4. The van der Waals surface area contributed by atoms with Crippen LogP contribution in [0.5, 0.6) is 0 Å². The molecule has 0 heterocycles. The van der Waals surface area contributed by atoms with Gasteiger partial charge in [0.15, 0.2) is 5.84 Å². The van der Waals surface area contributed by atoms with Gasteiger partial charge >= 0.3 is 0 Å². The smallest absolute Gasteiger partial charge is 0.153 e. The molecule has 0 amide bonds. The molecule has 0 aromatic rings. The van der Waals surface area contributed by atoms with Crippen LogP contribution in [0.25, 0.3) is 0 Å². The van der Waals surface area contributed by atoms with Crippen LogP contribution >= 0.6 is 0 Å². The van der Waals surface area contributed by atoms with Gasteiger partial charge in [0.2, 0.25) is 0 Å². The van der Waals surface area contributed by atoms with Gasteiger partial charge in [0.05, 0.1) is 13.2 Å². The SMILES string of the molecule is NC(CNC1(CO)CC1)=NO. The Morgan fingerprint density at radius 2 is 2.27 bits per heavy atom. The molecule has 0 aromatic heterocycles. The van der Waals surface area contributed by atoms with Crippen LogP contribution < -0.4 is 11.1 Å². The second-order valence-corrected chi connectivity index (χ2v) is 2.88. The largest absolute Gasteiger partial charge is 0.409 e. The van der Waals surface area contributed by atoms with E-state index in [0.717, 1.165) is 12.8 Å². The fraction of sp³-hybridized carbons (Fsp3) is 0.833. The van der Waals surface area contributed by atoms with Crippen molar-refractivity contribution in [3.63, 3.8) is 0 Å². The van der Waals surface area contributed by atoms with Gasteiger partial charge in [-0.05, 0) is 12.8 Å². The Balaban J connectivity index is 2.22. The molecule has 5 N–H and O–H groups in total. The summed E-state index contributed by atoms with van der Waals surface area (Å²) in [5.74, 6) is 0.143. The van der Waals surface area contributed by atoms with Gasteiger partial charge in [-0.2, -0.15) is 0 Å². The van der Waals surface area contributed by atoms with Crippen LogP contribution in [0.15, 0.2) is 5.16 Å². The van der Waals surface area contributed by atoms with Crippen molar-refractivity contribution in [3.05, 3.63) is 0 Å². The van der Waals surface area contributed by atoms with Gasteiger partial charge in [-0.3, -0.25) is 0 Å². The van der Waals surface area contributed by atoms with Crippen LogP contribution in [0.3, 0.4) is 0 Å². The van der Waals surface area contributed by atoms with Gasteiger partial charge < -0.3 is 21.4 Å². The molecular weight excluding hydrogens is 146 g/mol. The summed E-state index contributed by atoms with van der Waals surface area (Å²) in [6.45, 7) is 0.447. The Morgan fingerprint density at radius 1 is 1.64 bits per heavy atom. The third kappa shape index (κ3) is 2.06. The Bertz CT molecular complexity index is 165.